The number of fused-ring (bicyclic) bond motifs is 1. The van der Waals surface area contributed by atoms with Gasteiger partial charge in [0.1, 0.15) is 0 Å². The van der Waals surface area contributed by atoms with Crippen molar-refractivity contribution in [3.8, 4) is 0 Å². The Morgan fingerprint density at radius 2 is 1.68 bits per heavy atom. The quantitative estimate of drug-likeness (QED) is 0.345. The molecule has 190 valence electrons. The number of sulfone groups is 1. The number of benzene rings is 3. The van der Waals surface area contributed by atoms with Crippen molar-refractivity contribution in [2.24, 2.45) is 0 Å². The van der Waals surface area contributed by atoms with Crippen LogP contribution in [-0.4, -0.2) is 42.4 Å². The maximum Gasteiger partial charge on any atom is 0.253 e. The molecule has 0 radical (unpaired) electrons. The van der Waals surface area contributed by atoms with Crippen LogP contribution in [0.15, 0.2) is 83.9 Å². The Labute approximate surface area is 225 Å². The summed E-state index contributed by atoms with van der Waals surface area (Å²) in [6.45, 7) is 0.699. The van der Waals surface area contributed by atoms with Crippen molar-refractivity contribution in [1.29, 1.82) is 0 Å². The number of aromatic nitrogens is 1. The number of carbonyl (C=O) groups is 1. The van der Waals surface area contributed by atoms with Crippen LogP contribution in [0.2, 0.25) is 10.0 Å². The Bertz CT molecular complexity index is 1590. The van der Waals surface area contributed by atoms with Gasteiger partial charge in [0, 0.05) is 45.8 Å². The van der Waals surface area contributed by atoms with Crippen molar-refractivity contribution < 1.29 is 18.3 Å². The van der Waals surface area contributed by atoms with Crippen LogP contribution in [0.4, 0.5) is 0 Å². The molecule has 9 heteroatoms. The smallest absolute Gasteiger partial charge is 0.253 e. The third-order valence-corrected chi connectivity index (χ3v) is 9.20. The number of halogens is 2. The van der Waals surface area contributed by atoms with E-state index in [1.807, 2.05) is 24.3 Å². The van der Waals surface area contributed by atoms with E-state index in [9.17, 15) is 18.3 Å². The number of hydrogen-bond acceptors (Lipinski definition) is 5. The molecule has 0 spiro atoms. The standard InChI is InChI=1S/C28H24Cl2N2O4S/c29-23-8-2-1-7-22(23)28(34)12-15-32(16-13-28)27(33)20-10-11-21(24(30)17-20)18-37(35,36)25-9-3-5-19-6-4-14-31-26(19)25/h1-11,14,17,34H,12-13,15-16,18H2. The first-order chi connectivity index (χ1) is 17.7. The van der Waals surface area contributed by atoms with E-state index in [1.54, 1.807) is 47.5 Å². The molecule has 1 amide bonds. The Hall–Kier alpha value is -2.97. The molecular weight excluding hydrogens is 531 g/mol. The number of pyridine rings is 1. The van der Waals surface area contributed by atoms with Crippen LogP contribution in [0.1, 0.15) is 34.3 Å². The number of carbonyl (C=O) groups excluding carboxylic acids is 1. The average molecular weight is 555 g/mol. The summed E-state index contributed by atoms with van der Waals surface area (Å²) in [5.41, 5.74) is 0.745. The topological polar surface area (TPSA) is 87.6 Å². The number of likely N-dealkylation sites (tertiary alicyclic amines) is 1. The summed E-state index contributed by atoms with van der Waals surface area (Å²) in [6.07, 6.45) is 2.27. The fourth-order valence-corrected chi connectivity index (χ4v) is 6.98. The van der Waals surface area contributed by atoms with Gasteiger partial charge in [-0.25, -0.2) is 8.42 Å². The molecule has 1 aliphatic rings. The molecule has 5 rings (SSSR count). The Morgan fingerprint density at radius 3 is 2.41 bits per heavy atom. The number of piperidine rings is 1. The number of para-hydroxylation sites is 1. The van der Waals surface area contributed by atoms with Gasteiger partial charge in [0.05, 0.1) is 21.8 Å². The monoisotopic (exact) mass is 554 g/mol. The van der Waals surface area contributed by atoms with E-state index < -0.39 is 15.4 Å². The molecule has 1 aromatic heterocycles. The maximum atomic E-state index is 13.2. The highest BCUT2D eigenvalue weighted by Crippen LogP contribution is 2.37. The zero-order valence-corrected chi connectivity index (χ0v) is 22.1. The fourth-order valence-electron chi connectivity index (χ4n) is 4.78. The van der Waals surface area contributed by atoms with Gasteiger partial charge in [0.25, 0.3) is 5.91 Å². The van der Waals surface area contributed by atoms with Crippen molar-refractivity contribution in [2.75, 3.05) is 13.1 Å². The molecule has 2 heterocycles. The molecule has 0 atom stereocenters. The molecule has 3 aromatic carbocycles. The minimum Gasteiger partial charge on any atom is -0.385 e. The normalized spacial score (nSPS) is 15.6. The second-order valence-electron chi connectivity index (χ2n) is 9.20. The average Bonchev–Trinajstić information content (AvgIpc) is 2.89. The highest BCUT2D eigenvalue weighted by atomic mass is 35.5. The van der Waals surface area contributed by atoms with E-state index in [-0.39, 0.29) is 21.6 Å². The van der Waals surface area contributed by atoms with Crippen molar-refractivity contribution in [3.63, 3.8) is 0 Å². The number of hydrogen-bond donors (Lipinski definition) is 1. The lowest BCUT2D eigenvalue weighted by Crippen LogP contribution is -2.45. The molecule has 1 aliphatic heterocycles. The molecule has 0 saturated carbocycles. The van der Waals surface area contributed by atoms with Crippen molar-refractivity contribution in [3.05, 3.63) is 106 Å². The molecule has 1 N–H and O–H groups in total. The van der Waals surface area contributed by atoms with Crippen molar-refractivity contribution >= 4 is 49.8 Å². The lowest BCUT2D eigenvalue weighted by atomic mass is 9.84. The van der Waals surface area contributed by atoms with Crippen LogP contribution in [0.5, 0.6) is 0 Å². The van der Waals surface area contributed by atoms with Gasteiger partial charge in [-0.1, -0.05) is 65.7 Å². The summed E-state index contributed by atoms with van der Waals surface area (Å²) in [6, 6.07) is 20.5. The summed E-state index contributed by atoms with van der Waals surface area (Å²) in [5.74, 6) is -0.541. The lowest BCUT2D eigenvalue weighted by molar-refractivity contribution is -0.0210. The molecule has 0 unspecified atom stereocenters. The van der Waals surface area contributed by atoms with E-state index in [4.69, 9.17) is 23.2 Å². The van der Waals surface area contributed by atoms with Gasteiger partial charge in [0.15, 0.2) is 9.84 Å². The molecule has 1 fully saturated rings. The first-order valence-corrected chi connectivity index (χ1v) is 14.2. The predicted octanol–water partition coefficient (Wildman–Crippen LogP) is 5.64. The highest BCUT2D eigenvalue weighted by Gasteiger charge is 2.37. The Balaban J connectivity index is 1.31. The van der Waals surface area contributed by atoms with Crippen molar-refractivity contribution in [2.45, 2.75) is 29.1 Å². The van der Waals surface area contributed by atoms with E-state index in [2.05, 4.69) is 4.98 Å². The first-order valence-electron chi connectivity index (χ1n) is 11.8. The molecule has 6 nitrogen and oxygen atoms in total. The van der Waals surface area contributed by atoms with Crippen LogP contribution in [-0.2, 0) is 21.2 Å². The molecule has 0 aliphatic carbocycles. The fraction of sp³-hybridized carbons (Fsp3) is 0.214. The van der Waals surface area contributed by atoms with Gasteiger partial charge in [-0.2, -0.15) is 0 Å². The zero-order valence-electron chi connectivity index (χ0n) is 19.8. The van der Waals surface area contributed by atoms with E-state index in [0.717, 1.165) is 5.39 Å². The molecule has 0 bridgehead atoms. The largest absolute Gasteiger partial charge is 0.385 e. The lowest BCUT2D eigenvalue weighted by Gasteiger charge is -2.39. The summed E-state index contributed by atoms with van der Waals surface area (Å²) in [4.78, 5) is 19.2. The van der Waals surface area contributed by atoms with Gasteiger partial charge in [0.2, 0.25) is 0 Å². The second-order valence-corrected chi connectivity index (χ2v) is 12.0. The third kappa shape index (κ3) is 5.09. The van der Waals surface area contributed by atoms with Gasteiger partial charge < -0.3 is 10.0 Å². The zero-order chi connectivity index (χ0) is 26.2. The van der Waals surface area contributed by atoms with E-state index in [1.165, 1.54) is 12.1 Å². The van der Waals surface area contributed by atoms with Crippen LogP contribution >= 0.6 is 23.2 Å². The van der Waals surface area contributed by atoms with Crippen LogP contribution in [0.3, 0.4) is 0 Å². The summed E-state index contributed by atoms with van der Waals surface area (Å²) >= 11 is 12.7. The van der Waals surface area contributed by atoms with Crippen LogP contribution in [0.25, 0.3) is 10.9 Å². The molecular formula is C28H24Cl2N2O4S. The second kappa shape index (κ2) is 10.1. The van der Waals surface area contributed by atoms with Gasteiger partial charge in [-0.05, 0) is 48.7 Å². The first kappa shape index (κ1) is 25.7. The van der Waals surface area contributed by atoms with Crippen molar-refractivity contribution in [1.82, 2.24) is 9.88 Å². The van der Waals surface area contributed by atoms with Crippen LogP contribution < -0.4 is 0 Å². The molecule has 1 saturated heterocycles. The molecule has 4 aromatic rings. The Morgan fingerprint density at radius 1 is 0.946 bits per heavy atom. The SMILES string of the molecule is O=C(c1ccc(CS(=O)(=O)c2cccc3cccnc23)c(Cl)c1)N1CCC(O)(c2ccccc2Cl)CC1. The minimum absolute atomic E-state index is 0.140. The van der Waals surface area contributed by atoms with E-state index >= 15 is 0 Å². The van der Waals surface area contributed by atoms with Gasteiger partial charge in [-0.15, -0.1) is 0 Å². The summed E-state index contributed by atoms with van der Waals surface area (Å²) in [5, 5.41) is 12.6. The minimum atomic E-state index is -3.74. The van der Waals surface area contributed by atoms with Gasteiger partial charge in [-0.3, -0.25) is 9.78 Å². The van der Waals surface area contributed by atoms with E-state index in [0.29, 0.717) is 53.2 Å². The predicted molar refractivity (Wildman–Crippen MR) is 145 cm³/mol. The number of nitrogens with zero attached hydrogens (tertiary/aromatic N) is 2. The number of aliphatic hydroxyl groups is 1. The van der Waals surface area contributed by atoms with Gasteiger partial charge >= 0.3 is 0 Å². The summed E-state index contributed by atoms with van der Waals surface area (Å²) < 4.78 is 26.5. The van der Waals surface area contributed by atoms with Crippen LogP contribution in [0, 0.1) is 0 Å². The molecule has 37 heavy (non-hydrogen) atoms. The third-order valence-electron chi connectivity index (χ3n) is 6.83. The summed E-state index contributed by atoms with van der Waals surface area (Å²) in [7, 11) is -3.74. The Kier molecular flexibility index (Phi) is 6.98. The maximum absolute atomic E-state index is 13.2. The number of rotatable bonds is 5. The number of amides is 1. The highest BCUT2D eigenvalue weighted by molar-refractivity contribution is 7.90.